The molecule has 5 nitrogen and oxygen atoms in total. The third-order valence-corrected chi connectivity index (χ3v) is 2.42. The SMILES string of the molecule is C=CCN(CC(=O)O)C(=O)c1cccc(OC(C)C)c1. The highest BCUT2D eigenvalue weighted by atomic mass is 16.5. The molecule has 0 radical (unpaired) electrons. The zero-order valence-electron chi connectivity index (χ0n) is 11.7. The van der Waals surface area contributed by atoms with Crippen LogP contribution in [0.15, 0.2) is 36.9 Å². The Labute approximate surface area is 118 Å². The number of benzene rings is 1. The van der Waals surface area contributed by atoms with E-state index in [2.05, 4.69) is 6.58 Å². The maximum Gasteiger partial charge on any atom is 0.323 e. The Morgan fingerprint density at radius 2 is 2.15 bits per heavy atom. The van der Waals surface area contributed by atoms with Gasteiger partial charge in [0.05, 0.1) is 6.10 Å². The van der Waals surface area contributed by atoms with Crippen LogP contribution in [0.2, 0.25) is 0 Å². The Bertz CT molecular complexity index is 496. The minimum Gasteiger partial charge on any atom is -0.491 e. The van der Waals surface area contributed by atoms with Gasteiger partial charge in [-0.05, 0) is 32.0 Å². The Morgan fingerprint density at radius 1 is 1.45 bits per heavy atom. The lowest BCUT2D eigenvalue weighted by Gasteiger charge is -2.19. The third kappa shape index (κ3) is 4.76. The van der Waals surface area contributed by atoms with Crippen molar-refractivity contribution in [2.75, 3.05) is 13.1 Å². The van der Waals surface area contributed by atoms with Gasteiger partial charge in [-0.1, -0.05) is 12.1 Å². The van der Waals surface area contributed by atoms with E-state index in [9.17, 15) is 9.59 Å². The number of amides is 1. The summed E-state index contributed by atoms with van der Waals surface area (Å²) in [5, 5.41) is 8.83. The van der Waals surface area contributed by atoms with Crippen LogP contribution in [0.5, 0.6) is 5.75 Å². The second-order valence-electron chi connectivity index (χ2n) is 4.56. The van der Waals surface area contributed by atoms with E-state index < -0.39 is 5.97 Å². The molecule has 0 unspecified atom stereocenters. The van der Waals surface area contributed by atoms with Gasteiger partial charge in [-0.25, -0.2) is 0 Å². The Balaban J connectivity index is 2.93. The van der Waals surface area contributed by atoms with Gasteiger partial charge in [-0.3, -0.25) is 9.59 Å². The summed E-state index contributed by atoms with van der Waals surface area (Å²) in [6.45, 7) is 7.13. The van der Waals surface area contributed by atoms with Crippen molar-refractivity contribution >= 4 is 11.9 Å². The van der Waals surface area contributed by atoms with Crippen molar-refractivity contribution in [2.24, 2.45) is 0 Å². The Hall–Kier alpha value is -2.30. The van der Waals surface area contributed by atoms with E-state index in [1.54, 1.807) is 24.3 Å². The van der Waals surface area contributed by atoms with Crippen LogP contribution < -0.4 is 4.74 Å². The molecule has 0 saturated heterocycles. The summed E-state index contributed by atoms with van der Waals surface area (Å²) in [6.07, 6.45) is 1.50. The molecule has 0 aromatic heterocycles. The normalized spacial score (nSPS) is 10.2. The molecular formula is C15H19NO4. The highest BCUT2D eigenvalue weighted by Crippen LogP contribution is 2.16. The van der Waals surface area contributed by atoms with Crippen LogP contribution >= 0.6 is 0 Å². The molecule has 1 aromatic rings. The molecule has 0 aliphatic rings. The predicted octanol–water partition coefficient (Wildman–Crippen LogP) is 2.19. The molecule has 5 heteroatoms. The van der Waals surface area contributed by atoms with Gasteiger partial charge in [-0.15, -0.1) is 6.58 Å². The first-order chi connectivity index (χ1) is 9.43. The molecule has 0 bridgehead atoms. The number of hydrogen-bond acceptors (Lipinski definition) is 3. The first-order valence-corrected chi connectivity index (χ1v) is 6.32. The van der Waals surface area contributed by atoms with Crippen LogP contribution in [0.4, 0.5) is 0 Å². The fourth-order valence-electron chi connectivity index (χ4n) is 1.70. The van der Waals surface area contributed by atoms with Crippen molar-refractivity contribution in [1.29, 1.82) is 0 Å². The highest BCUT2D eigenvalue weighted by Gasteiger charge is 2.17. The van der Waals surface area contributed by atoms with Crippen LogP contribution in [0, 0.1) is 0 Å². The van der Waals surface area contributed by atoms with E-state index in [1.165, 1.54) is 11.0 Å². The van der Waals surface area contributed by atoms with E-state index in [-0.39, 0.29) is 25.1 Å². The first-order valence-electron chi connectivity index (χ1n) is 6.32. The van der Waals surface area contributed by atoms with Gasteiger partial charge in [0.15, 0.2) is 0 Å². The number of ether oxygens (including phenoxy) is 1. The number of carboxylic acids is 1. The monoisotopic (exact) mass is 277 g/mol. The standard InChI is InChI=1S/C15H19NO4/c1-4-8-16(10-14(17)18)15(19)12-6-5-7-13(9-12)20-11(2)3/h4-7,9,11H,1,8,10H2,2-3H3,(H,17,18). The Kier molecular flexibility index (Phi) is 5.77. The molecule has 1 aromatic carbocycles. The van der Waals surface area contributed by atoms with E-state index >= 15 is 0 Å². The average Bonchev–Trinajstić information content (AvgIpc) is 2.36. The van der Waals surface area contributed by atoms with Gasteiger partial charge in [0.2, 0.25) is 0 Å². The molecule has 1 rings (SSSR count). The minimum atomic E-state index is -1.06. The molecule has 1 amide bonds. The highest BCUT2D eigenvalue weighted by molar-refractivity contribution is 5.96. The molecule has 20 heavy (non-hydrogen) atoms. The molecule has 0 atom stereocenters. The Morgan fingerprint density at radius 3 is 2.70 bits per heavy atom. The fourth-order valence-corrected chi connectivity index (χ4v) is 1.70. The molecule has 0 fully saturated rings. The molecule has 0 heterocycles. The lowest BCUT2D eigenvalue weighted by molar-refractivity contribution is -0.137. The van der Waals surface area contributed by atoms with E-state index in [0.717, 1.165) is 0 Å². The molecule has 108 valence electrons. The van der Waals surface area contributed by atoms with E-state index in [4.69, 9.17) is 9.84 Å². The fraction of sp³-hybridized carbons (Fsp3) is 0.333. The van der Waals surface area contributed by atoms with Crippen molar-refractivity contribution in [1.82, 2.24) is 4.90 Å². The number of carbonyl (C=O) groups is 2. The number of nitrogens with zero attached hydrogens (tertiary/aromatic N) is 1. The van der Waals surface area contributed by atoms with Gasteiger partial charge < -0.3 is 14.7 Å². The largest absolute Gasteiger partial charge is 0.491 e. The van der Waals surface area contributed by atoms with Crippen molar-refractivity contribution in [2.45, 2.75) is 20.0 Å². The number of hydrogen-bond donors (Lipinski definition) is 1. The van der Waals surface area contributed by atoms with E-state index in [1.807, 2.05) is 13.8 Å². The van der Waals surface area contributed by atoms with Crippen molar-refractivity contribution in [3.63, 3.8) is 0 Å². The number of rotatable bonds is 7. The molecular weight excluding hydrogens is 258 g/mol. The molecule has 0 spiro atoms. The van der Waals surface area contributed by atoms with Gasteiger partial charge >= 0.3 is 5.97 Å². The smallest absolute Gasteiger partial charge is 0.323 e. The van der Waals surface area contributed by atoms with Crippen molar-refractivity contribution in [3.8, 4) is 5.75 Å². The molecule has 1 N–H and O–H groups in total. The number of carbonyl (C=O) groups excluding carboxylic acids is 1. The van der Waals surface area contributed by atoms with Gasteiger partial charge in [0.25, 0.3) is 5.91 Å². The maximum absolute atomic E-state index is 12.3. The van der Waals surface area contributed by atoms with Crippen LogP contribution in [0.1, 0.15) is 24.2 Å². The summed E-state index contributed by atoms with van der Waals surface area (Å²) < 4.78 is 5.52. The van der Waals surface area contributed by atoms with Gasteiger partial charge in [-0.2, -0.15) is 0 Å². The molecule has 0 aliphatic carbocycles. The van der Waals surface area contributed by atoms with Crippen molar-refractivity contribution in [3.05, 3.63) is 42.5 Å². The lowest BCUT2D eigenvalue weighted by Crippen LogP contribution is -2.35. The maximum atomic E-state index is 12.3. The zero-order chi connectivity index (χ0) is 15.1. The summed E-state index contributed by atoms with van der Waals surface area (Å²) in [4.78, 5) is 24.3. The summed E-state index contributed by atoms with van der Waals surface area (Å²) in [7, 11) is 0. The van der Waals surface area contributed by atoms with Crippen LogP contribution in [0.3, 0.4) is 0 Å². The quantitative estimate of drug-likeness (QED) is 0.776. The summed E-state index contributed by atoms with van der Waals surface area (Å²) in [6, 6.07) is 6.71. The second-order valence-corrected chi connectivity index (χ2v) is 4.56. The van der Waals surface area contributed by atoms with Gasteiger partial charge in [0.1, 0.15) is 12.3 Å². The summed E-state index contributed by atoms with van der Waals surface area (Å²) in [5.41, 5.74) is 0.395. The van der Waals surface area contributed by atoms with Gasteiger partial charge in [0, 0.05) is 12.1 Å². The van der Waals surface area contributed by atoms with Crippen LogP contribution in [0.25, 0.3) is 0 Å². The predicted molar refractivity (Wildman–Crippen MR) is 75.9 cm³/mol. The average molecular weight is 277 g/mol. The second kappa shape index (κ2) is 7.33. The summed E-state index contributed by atoms with van der Waals surface area (Å²) in [5.74, 6) is -0.837. The lowest BCUT2D eigenvalue weighted by atomic mass is 10.2. The zero-order valence-corrected chi connectivity index (χ0v) is 11.7. The van der Waals surface area contributed by atoms with Crippen LogP contribution in [-0.4, -0.2) is 41.1 Å². The third-order valence-electron chi connectivity index (χ3n) is 2.42. The summed E-state index contributed by atoms with van der Waals surface area (Å²) >= 11 is 0. The molecule has 0 aliphatic heterocycles. The first kappa shape index (κ1) is 15.8. The molecule has 0 saturated carbocycles. The number of carboxylic acid groups (broad SMARTS) is 1. The van der Waals surface area contributed by atoms with Crippen molar-refractivity contribution < 1.29 is 19.4 Å². The number of aliphatic carboxylic acids is 1. The van der Waals surface area contributed by atoms with E-state index in [0.29, 0.717) is 11.3 Å². The minimum absolute atomic E-state index is 0.00338. The van der Waals surface area contributed by atoms with Crippen LogP contribution in [-0.2, 0) is 4.79 Å². The topological polar surface area (TPSA) is 66.8 Å².